The van der Waals surface area contributed by atoms with Crippen LogP contribution in [0.1, 0.15) is 48.2 Å². The zero-order chi connectivity index (χ0) is 22.2. The predicted octanol–water partition coefficient (Wildman–Crippen LogP) is 5.15. The molecule has 2 amide bonds. The van der Waals surface area contributed by atoms with E-state index >= 15 is 0 Å². The van der Waals surface area contributed by atoms with Crippen molar-refractivity contribution in [1.29, 1.82) is 0 Å². The first-order valence-electron chi connectivity index (χ1n) is 10.4. The molecule has 160 valence electrons. The van der Waals surface area contributed by atoms with E-state index in [4.69, 9.17) is 4.74 Å². The van der Waals surface area contributed by atoms with Gasteiger partial charge in [0.25, 0.3) is 11.8 Å². The second-order valence-corrected chi connectivity index (χ2v) is 7.72. The van der Waals surface area contributed by atoms with Crippen molar-refractivity contribution in [2.45, 2.75) is 39.3 Å². The van der Waals surface area contributed by atoms with Gasteiger partial charge in [-0.25, -0.2) is 0 Å². The lowest BCUT2D eigenvalue weighted by molar-refractivity contribution is -0.122. The van der Waals surface area contributed by atoms with Crippen LogP contribution >= 0.6 is 0 Å². The summed E-state index contributed by atoms with van der Waals surface area (Å²) in [6.07, 6.45) is -0.654. The average molecular weight is 417 g/mol. The molecule has 3 aromatic carbocycles. The second-order valence-electron chi connectivity index (χ2n) is 7.72. The van der Waals surface area contributed by atoms with Crippen LogP contribution in [0.15, 0.2) is 78.9 Å². The average Bonchev–Trinajstić information content (AvgIpc) is 2.79. The van der Waals surface area contributed by atoms with E-state index in [0.717, 1.165) is 5.56 Å². The van der Waals surface area contributed by atoms with Crippen LogP contribution in [-0.4, -0.2) is 17.9 Å². The minimum Gasteiger partial charge on any atom is -0.481 e. The molecule has 5 heteroatoms. The first-order valence-corrected chi connectivity index (χ1v) is 10.4. The molecule has 0 spiro atoms. The Kier molecular flexibility index (Phi) is 7.44. The molecule has 1 unspecified atom stereocenters. The van der Waals surface area contributed by atoms with E-state index in [1.807, 2.05) is 54.6 Å². The third-order valence-electron chi connectivity index (χ3n) is 4.94. The summed E-state index contributed by atoms with van der Waals surface area (Å²) in [5, 5.41) is 5.71. The monoisotopic (exact) mass is 416 g/mol. The standard InChI is InChI=1S/C26H28N2O3/c1-18(2)21-11-15-24(16-12-21)31-19(3)25(29)28-23-13-9-22(10-14-23)26(30)27-17-20-7-5-4-6-8-20/h4-16,18-19H,17H2,1-3H3,(H,27,30)(H,28,29). The van der Waals surface area contributed by atoms with Gasteiger partial charge in [0.05, 0.1) is 0 Å². The normalized spacial score (nSPS) is 11.6. The smallest absolute Gasteiger partial charge is 0.265 e. The number of benzene rings is 3. The quantitative estimate of drug-likeness (QED) is 0.534. The van der Waals surface area contributed by atoms with Crippen molar-refractivity contribution >= 4 is 17.5 Å². The predicted molar refractivity (Wildman–Crippen MR) is 123 cm³/mol. The third-order valence-corrected chi connectivity index (χ3v) is 4.94. The van der Waals surface area contributed by atoms with Crippen LogP contribution in [-0.2, 0) is 11.3 Å². The van der Waals surface area contributed by atoms with Gasteiger partial charge in [0.1, 0.15) is 5.75 Å². The van der Waals surface area contributed by atoms with E-state index in [1.54, 1.807) is 31.2 Å². The number of nitrogens with one attached hydrogen (secondary N) is 2. The molecular formula is C26H28N2O3. The van der Waals surface area contributed by atoms with Gasteiger partial charge < -0.3 is 15.4 Å². The summed E-state index contributed by atoms with van der Waals surface area (Å²) in [5.74, 6) is 0.674. The Morgan fingerprint density at radius 3 is 2.10 bits per heavy atom. The van der Waals surface area contributed by atoms with Crippen LogP contribution in [0.25, 0.3) is 0 Å². The summed E-state index contributed by atoms with van der Waals surface area (Å²) in [5.41, 5.74) is 3.39. The first-order chi connectivity index (χ1) is 14.9. The molecule has 0 radical (unpaired) electrons. The Balaban J connectivity index is 1.51. The van der Waals surface area contributed by atoms with Crippen molar-refractivity contribution in [2.75, 3.05) is 5.32 Å². The van der Waals surface area contributed by atoms with Gasteiger partial charge in [-0.05, 0) is 60.4 Å². The van der Waals surface area contributed by atoms with E-state index in [-0.39, 0.29) is 11.8 Å². The van der Waals surface area contributed by atoms with Gasteiger partial charge in [0.2, 0.25) is 0 Å². The van der Waals surface area contributed by atoms with Crippen molar-refractivity contribution in [3.63, 3.8) is 0 Å². The van der Waals surface area contributed by atoms with Gasteiger partial charge >= 0.3 is 0 Å². The summed E-state index contributed by atoms with van der Waals surface area (Å²) in [6.45, 7) is 6.43. The van der Waals surface area contributed by atoms with Crippen molar-refractivity contribution in [2.24, 2.45) is 0 Å². The Hall–Kier alpha value is -3.60. The Labute approximate surface area is 183 Å². The minimum absolute atomic E-state index is 0.164. The van der Waals surface area contributed by atoms with E-state index in [9.17, 15) is 9.59 Å². The molecule has 3 rings (SSSR count). The summed E-state index contributed by atoms with van der Waals surface area (Å²) in [7, 11) is 0. The molecule has 3 aromatic rings. The fourth-order valence-corrected chi connectivity index (χ4v) is 3.02. The number of amides is 2. The molecule has 0 aromatic heterocycles. The summed E-state index contributed by atoms with van der Waals surface area (Å²) in [6, 6.07) is 24.3. The molecule has 0 bridgehead atoms. The molecular weight excluding hydrogens is 388 g/mol. The van der Waals surface area contributed by atoms with Gasteiger partial charge in [0.15, 0.2) is 6.10 Å². The maximum Gasteiger partial charge on any atom is 0.265 e. The number of carbonyl (C=O) groups excluding carboxylic acids is 2. The van der Waals surface area contributed by atoms with E-state index in [0.29, 0.717) is 29.5 Å². The summed E-state index contributed by atoms with van der Waals surface area (Å²) in [4.78, 5) is 24.8. The molecule has 0 saturated heterocycles. The SMILES string of the molecule is CC(Oc1ccc(C(C)C)cc1)C(=O)Nc1ccc(C(=O)NCc2ccccc2)cc1. The lowest BCUT2D eigenvalue weighted by atomic mass is 10.0. The zero-order valence-electron chi connectivity index (χ0n) is 18.1. The van der Waals surface area contributed by atoms with E-state index < -0.39 is 6.10 Å². The third kappa shape index (κ3) is 6.44. The number of rotatable bonds is 8. The van der Waals surface area contributed by atoms with Gasteiger partial charge in [-0.2, -0.15) is 0 Å². The molecule has 5 nitrogen and oxygen atoms in total. The van der Waals surface area contributed by atoms with E-state index in [1.165, 1.54) is 5.56 Å². The molecule has 0 aliphatic rings. The Bertz CT molecular complexity index is 997. The highest BCUT2D eigenvalue weighted by atomic mass is 16.5. The molecule has 0 heterocycles. The lowest BCUT2D eigenvalue weighted by Gasteiger charge is -2.15. The molecule has 0 saturated carbocycles. The maximum absolute atomic E-state index is 12.5. The van der Waals surface area contributed by atoms with Crippen LogP contribution in [0, 0.1) is 0 Å². The number of hydrogen-bond donors (Lipinski definition) is 2. The van der Waals surface area contributed by atoms with Gasteiger partial charge in [-0.1, -0.05) is 56.3 Å². The lowest BCUT2D eigenvalue weighted by Crippen LogP contribution is -2.30. The summed E-state index contributed by atoms with van der Waals surface area (Å²) < 4.78 is 5.74. The largest absolute Gasteiger partial charge is 0.481 e. The fourth-order valence-electron chi connectivity index (χ4n) is 3.02. The highest BCUT2D eigenvalue weighted by molar-refractivity contribution is 5.96. The molecule has 0 fully saturated rings. The minimum atomic E-state index is -0.654. The number of anilines is 1. The van der Waals surface area contributed by atoms with Crippen molar-refractivity contribution in [1.82, 2.24) is 5.32 Å². The number of hydrogen-bond acceptors (Lipinski definition) is 3. The summed E-state index contributed by atoms with van der Waals surface area (Å²) >= 11 is 0. The molecule has 1 atom stereocenters. The second kappa shape index (κ2) is 10.4. The molecule has 2 N–H and O–H groups in total. The Morgan fingerprint density at radius 2 is 1.48 bits per heavy atom. The van der Waals surface area contributed by atoms with E-state index in [2.05, 4.69) is 24.5 Å². The number of carbonyl (C=O) groups is 2. The highest BCUT2D eigenvalue weighted by Crippen LogP contribution is 2.20. The number of ether oxygens (including phenoxy) is 1. The molecule has 31 heavy (non-hydrogen) atoms. The van der Waals surface area contributed by atoms with Crippen LogP contribution < -0.4 is 15.4 Å². The van der Waals surface area contributed by atoms with Gasteiger partial charge in [-0.3, -0.25) is 9.59 Å². The van der Waals surface area contributed by atoms with Crippen molar-refractivity contribution in [3.05, 3.63) is 95.6 Å². The van der Waals surface area contributed by atoms with Crippen molar-refractivity contribution in [3.8, 4) is 5.75 Å². The fraction of sp³-hybridized carbons (Fsp3) is 0.231. The van der Waals surface area contributed by atoms with Gasteiger partial charge in [0, 0.05) is 17.8 Å². The van der Waals surface area contributed by atoms with Crippen LogP contribution in [0.3, 0.4) is 0 Å². The topological polar surface area (TPSA) is 67.4 Å². The van der Waals surface area contributed by atoms with Crippen LogP contribution in [0.2, 0.25) is 0 Å². The Morgan fingerprint density at radius 1 is 0.839 bits per heavy atom. The van der Waals surface area contributed by atoms with Crippen molar-refractivity contribution < 1.29 is 14.3 Å². The maximum atomic E-state index is 12.5. The zero-order valence-corrected chi connectivity index (χ0v) is 18.1. The first kappa shape index (κ1) is 22.1. The molecule has 0 aliphatic heterocycles. The van der Waals surface area contributed by atoms with Crippen LogP contribution in [0.4, 0.5) is 5.69 Å². The van der Waals surface area contributed by atoms with Crippen LogP contribution in [0.5, 0.6) is 5.75 Å². The molecule has 0 aliphatic carbocycles. The highest BCUT2D eigenvalue weighted by Gasteiger charge is 2.15. The van der Waals surface area contributed by atoms with Gasteiger partial charge in [-0.15, -0.1) is 0 Å².